The van der Waals surface area contributed by atoms with Crippen LogP contribution in [0.15, 0.2) is 24.3 Å². The molecule has 0 aromatic heterocycles. The molecule has 1 heterocycles. The largest absolute Gasteiger partial charge is 0.317 e. The van der Waals surface area contributed by atoms with Gasteiger partial charge in [0.05, 0.1) is 0 Å². The zero-order valence-electron chi connectivity index (χ0n) is 9.22. The fourth-order valence-electron chi connectivity index (χ4n) is 2.30. The second-order valence-electron chi connectivity index (χ2n) is 4.86. The normalized spacial score (nSPS) is 20.1. The first kappa shape index (κ1) is 10.6. The third kappa shape index (κ3) is 2.78. The molecule has 1 fully saturated rings. The summed E-state index contributed by atoms with van der Waals surface area (Å²) in [5.41, 5.74) is 1.64. The summed E-state index contributed by atoms with van der Waals surface area (Å²) in [7, 11) is 0. The van der Waals surface area contributed by atoms with E-state index in [2.05, 4.69) is 12.2 Å². The van der Waals surface area contributed by atoms with Crippen LogP contribution in [-0.2, 0) is 6.42 Å². The van der Waals surface area contributed by atoms with E-state index < -0.39 is 0 Å². The van der Waals surface area contributed by atoms with E-state index in [4.69, 9.17) is 0 Å². The maximum absolute atomic E-state index is 12.8. The van der Waals surface area contributed by atoms with E-state index in [1.807, 2.05) is 12.1 Å². The quantitative estimate of drug-likeness (QED) is 0.786. The standard InChI is InChI=1S/C13H18FN/c1-13(6-8-15-9-7-13)10-11-2-4-12(14)5-3-11/h2-5,15H,6-10H2,1H3. The van der Waals surface area contributed by atoms with Crippen molar-refractivity contribution in [3.63, 3.8) is 0 Å². The van der Waals surface area contributed by atoms with Gasteiger partial charge in [-0.25, -0.2) is 4.39 Å². The molecule has 0 spiro atoms. The lowest BCUT2D eigenvalue weighted by atomic mass is 9.76. The summed E-state index contributed by atoms with van der Waals surface area (Å²) in [5.74, 6) is -0.144. The Morgan fingerprint density at radius 3 is 2.40 bits per heavy atom. The summed E-state index contributed by atoms with van der Waals surface area (Å²) in [4.78, 5) is 0. The van der Waals surface area contributed by atoms with Gasteiger partial charge in [0, 0.05) is 0 Å². The van der Waals surface area contributed by atoms with Crippen LogP contribution in [-0.4, -0.2) is 13.1 Å². The van der Waals surface area contributed by atoms with Crippen molar-refractivity contribution in [3.8, 4) is 0 Å². The van der Waals surface area contributed by atoms with Crippen molar-refractivity contribution in [3.05, 3.63) is 35.6 Å². The second kappa shape index (κ2) is 4.31. The summed E-state index contributed by atoms with van der Waals surface area (Å²) in [6.45, 7) is 4.55. The molecule has 0 saturated carbocycles. The molecular weight excluding hydrogens is 189 g/mol. The minimum atomic E-state index is -0.144. The average molecular weight is 207 g/mol. The SMILES string of the molecule is CC1(Cc2ccc(F)cc2)CCNCC1. The molecule has 1 aliphatic heterocycles. The number of hydrogen-bond acceptors (Lipinski definition) is 1. The highest BCUT2D eigenvalue weighted by atomic mass is 19.1. The van der Waals surface area contributed by atoms with Gasteiger partial charge in [-0.05, 0) is 55.5 Å². The lowest BCUT2D eigenvalue weighted by Gasteiger charge is -2.34. The van der Waals surface area contributed by atoms with Gasteiger partial charge >= 0.3 is 0 Å². The van der Waals surface area contributed by atoms with Crippen LogP contribution in [0.1, 0.15) is 25.3 Å². The maximum atomic E-state index is 12.8. The molecule has 0 atom stereocenters. The van der Waals surface area contributed by atoms with Crippen LogP contribution in [0.3, 0.4) is 0 Å². The lowest BCUT2D eigenvalue weighted by molar-refractivity contribution is 0.228. The number of nitrogens with one attached hydrogen (secondary N) is 1. The van der Waals surface area contributed by atoms with Gasteiger partial charge in [-0.2, -0.15) is 0 Å². The first-order valence-electron chi connectivity index (χ1n) is 5.63. The maximum Gasteiger partial charge on any atom is 0.123 e. The molecule has 0 aliphatic carbocycles. The van der Waals surface area contributed by atoms with E-state index >= 15 is 0 Å². The van der Waals surface area contributed by atoms with Gasteiger partial charge < -0.3 is 5.32 Å². The van der Waals surface area contributed by atoms with Crippen molar-refractivity contribution in [2.24, 2.45) is 5.41 Å². The minimum absolute atomic E-state index is 0.144. The molecule has 1 saturated heterocycles. The third-order valence-electron chi connectivity index (χ3n) is 3.35. The van der Waals surface area contributed by atoms with E-state index in [0.29, 0.717) is 5.41 Å². The monoisotopic (exact) mass is 207 g/mol. The number of halogens is 1. The van der Waals surface area contributed by atoms with Crippen molar-refractivity contribution in [2.75, 3.05) is 13.1 Å². The third-order valence-corrected chi connectivity index (χ3v) is 3.35. The van der Waals surface area contributed by atoms with E-state index in [1.165, 1.54) is 18.4 Å². The van der Waals surface area contributed by atoms with E-state index in [-0.39, 0.29) is 5.82 Å². The van der Waals surface area contributed by atoms with Gasteiger partial charge in [0.15, 0.2) is 0 Å². The van der Waals surface area contributed by atoms with Crippen molar-refractivity contribution in [1.82, 2.24) is 5.32 Å². The van der Waals surface area contributed by atoms with Crippen molar-refractivity contribution in [1.29, 1.82) is 0 Å². The van der Waals surface area contributed by atoms with Gasteiger partial charge in [0.1, 0.15) is 5.82 Å². The van der Waals surface area contributed by atoms with Crippen LogP contribution in [0.2, 0.25) is 0 Å². The molecule has 2 rings (SSSR count). The Labute approximate surface area is 90.7 Å². The van der Waals surface area contributed by atoms with Gasteiger partial charge in [-0.15, -0.1) is 0 Å². The van der Waals surface area contributed by atoms with Crippen LogP contribution >= 0.6 is 0 Å². The zero-order valence-corrected chi connectivity index (χ0v) is 9.22. The van der Waals surface area contributed by atoms with Crippen LogP contribution in [0, 0.1) is 11.2 Å². The first-order valence-corrected chi connectivity index (χ1v) is 5.63. The summed E-state index contributed by atoms with van der Waals surface area (Å²) < 4.78 is 12.8. The average Bonchev–Trinajstić information content (AvgIpc) is 2.22. The van der Waals surface area contributed by atoms with Crippen LogP contribution in [0.4, 0.5) is 4.39 Å². The summed E-state index contributed by atoms with van der Waals surface area (Å²) >= 11 is 0. The lowest BCUT2D eigenvalue weighted by Crippen LogP contribution is -2.36. The van der Waals surface area contributed by atoms with Crippen LogP contribution in [0.5, 0.6) is 0 Å². The summed E-state index contributed by atoms with van der Waals surface area (Å²) in [5, 5.41) is 3.37. The molecule has 0 unspecified atom stereocenters. The number of benzene rings is 1. The highest BCUT2D eigenvalue weighted by Crippen LogP contribution is 2.31. The number of rotatable bonds is 2. The van der Waals surface area contributed by atoms with E-state index in [0.717, 1.165) is 19.5 Å². The molecule has 1 aromatic rings. The van der Waals surface area contributed by atoms with Crippen molar-refractivity contribution >= 4 is 0 Å². The van der Waals surface area contributed by atoms with Crippen molar-refractivity contribution < 1.29 is 4.39 Å². The number of hydrogen-bond donors (Lipinski definition) is 1. The molecule has 0 bridgehead atoms. The Hall–Kier alpha value is -0.890. The van der Waals surface area contributed by atoms with Crippen LogP contribution in [0.25, 0.3) is 0 Å². The summed E-state index contributed by atoms with van der Waals surface area (Å²) in [6, 6.07) is 6.92. The Morgan fingerprint density at radius 1 is 1.20 bits per heavy atom. The Kier molecular flexibility index (Phi) is 3.06. The van der Waals surface area contributed by atoms with Crippen LogP contribution < -0.4 is 5.32 Å². The smallest absolute Gasteiger partial charge is 0.123 e. The molecule has 0 amide bonds. The Morgan fingerprint density at radius 2 is 1.80 bits per heavy atom. The molecule has 2 heteroatoms. The predicted octanol–water partition coefficient (Wildman–Crippen LogP) is 2.76. The van der Waals surface area contributed by atoms with E-state index in [9.17, 15) is 4.39 Å². The second-order valence-corrected chi connectivity index (χ2v) is 4.86. The molecule has 1 aromatic carbocycles. The summed E-state index contributed by atoms with van der Waals surface area (Å²) in [6.07, 6.45) is 3.49. The first-order chi connectivity index (χ1) is 7.18. The fourth-order valence-corrected chi connectivity index (χ4v) is 2.30. The topological polar surface area (TPSA) is 12.0 Å². The number of piperidine rings is 1. The van der Waals surface area contributed by atoms with Gasteiger partial charge in [0.2, 0.25) is 0 Å². The molecule has 1 N–H and O–H groups in total. The molecule has 1 nitrogen and oxygen atoms in total. The molecular formula is C13H18FN. The molecule has 0 radical (unpaired) electrons. The highest BCUT2D eigenvalue weighted by Gasteiger charge is 2.26. The van der Waals surface area contributed by atoms with Gasteiger partial charge in [0.25, 0.3) is 0 Å². The van der Waals surface area contributed by atoms with Crippen molar-refractivity contribution in [2.45, 2.75) is 26.2 Å². The van der Waals surface area contributed by atoms with Gasteiger partial charge in [-0.1, -0.05) is 19.1 Å². The predicted molar refractivity (Wildman–Crippen MR) is 60.3 cm³/mol. The molecule has 82 valence electrons. The van der Waals surface area contributed by atoms with E-state index in [1.54, 1.807) is 12.1 Å². The molecule has 1 aliphatic rings. The Balaban J connectivity index is 2.03. The zero-order chi connectivity index (χ0) is 10.7. The molecule has 15 heavy (non-hydrogen) atoms. The minimum Gasteiger partial charge on any atom is -0.317 e. The fraction of sp³-hybridized carbons (Fsp3) is 0.538. The Bertz CT molecular complexity index is 312. The highest BCUT2D eigenvalue weighted by molar-refractivity contribution is 5.17. The van der Waals surface area contributed by atoms with Gasteiger partial charge in [-0.3, -0.25) is 0 Å².